The highest BCUT2D eigenvalue weighted by Crippen LogP contribution is 2.24. The summed E-state index contributed by atoms with van der Waals surface area (Å²) in [4.78, 5) is 0. The molecular weight excluding hydrogens is 203 g/mol. The Bertz CT molecular complexity index is 329. The van der Waals surface area contributed by atoms with Crippen LogP contribution in [0.15, 0.2) is 18.2 Å². The monoisotopic (exact) mass is 216 g/mol. The van der Waals surface area contributed by atoms with Gasteiger partial charge in [0.15, 0.2) is 11.6 Å². The highest BCUT2D eigenvalue weighted by atomic mass is 19.1. The predicted molar refractivity (Wildman–Crippen MR) is 51.0 cm³/mol. The number of halogens is 1. The molecule has 3 N–H and O–H groups in total. The second-order valence-corrected chi connectivity index (χ2v) is 3.09. The summed E-state index contributed by atoms with van der Waals surface area (Å²) < 4.78 is 17.7. The van der Waals surface area contributed by atoms with E-state index in [1.54, 1.807) is 0 Å². The molecule has 0 aromatic heterocycles. The number of aliphatic hydroxyl groups is 3. The molecule has 15 heavy (non-hydrogen) atoms. The van der Waals surface area contributed by atoms with E-state index in [-0.39, 0.29) is 11.3 Å². The van der Waals surface area contributed by atoms with Gasteiger partial charge < -0.3 is 20.1 Å². The molecule has 0 aliphatic rings. The van der Waals surface area contributed by atoms with Gasteiger partial charge in [-0.05, 0) is 17.7 Å². The molecule has 0 fully saturated rings. The highest BCUT2D eigenvalue weighted by molar-refractivity contribution is 5.31. The second-order valence-electron chi connectivity index (χ2n) is 3.09. The first kappa shape index (κ1) is 11.9. The summed E-state index contributed by atoms with van der Waals surface area (Å²) in [5.41, 5.74) is 0.287. The molecule has 1 aromatic carbocycles. The van der Waals surface area contributed by atoms with Crippen molar-refractivity contribution >= 4 is 0 Å². The molecule has 0 spiro atoms. The van der Waals surface area contributed by atoms with Crippen molar-refractivity contribution in [3.63, 3.8) is 0 Å². The van der Waals surface area contributed by atoms with Crippen LogP contribution >= 0.6 is 0 Å². The van der Waals surface area contributed by atoms with Crippen LogP contribution < -0.4 is 4.74 Å². The van der Waals surface area contributed by atoms with Crippen LogP contribution in [0.4, 0.5) is 4.39 Å². The Morgan fingerprint density at radius 3 is 2.60 bits per heavy atom. The maximum Gasteiger partial charge on any atom is 0.165 e. The summed E-state index contributed by atoms with van der Waals surface area (Å²) >= 11 is 0. The molecule has 2 atom stereocenters. The summed E-state index contributed by atoms with van der Waals surface area (Å²) in [7, 11) is 1.30. The second kappa shape index (κ2) is 5.06. The van der Waals surface area contributed by atoms with Crippen LogP contribution in [0.25, 0.3) is 0 Å². The minimum absolute atomic E-state index is 0.0170. The topological polar surface area (TPSA) is 69.9 Å². The van der Waals surface area contributed by atoms with Crippen molar-refractivity contribution in [2.75, 3.05) is 13.7 Å². The fourth-order valence-corrected chi connectivity index (χ4v) is 1.18. The third-order valence-corrected chi connectivity index (χ3v) is 2.07. The van der Waals surface area contributed by atoms with Crippen molar-refractivity contribution in [2.24, 2.45) is 0 Å². The Morgan fingerprint density at radius 1 is 1.40 bits per heavy atom. The van der Waals surface area contributed by atoms with E-state index in [1.165, 1.54) is 19.2 Å². The first-order chi connectivity index (χ1) is 7.10. The number of ether oxygens (including phenoxy) is 1. The molecule has 4 nitrogen and oxygen atoms in total. The zero-order valence-electron chi connectivity index (χ0n) is 8.22. The average Bonchev–Trinajstić information content (AvgIpc) is 2.27. The van der Waals surface area contributed by atoms with E-state index in [0.717, 1.165) is 6.07 Å². The molecular formula is C10H13FO4. The van der Waals surface area contributed by atoms with E-state index < -0.39 is 24.6 Å². The summed E-state index contributed by atoms with van der Waals surface area (Å²) in [6.45, 7) is -0.569. The van der Waals surface area contributed by atoms with Gasteiger partial charge in [-0.25, -0.2) is 4.39 Å². The lowest BCUT2D eigenvalue weighted by molar-refractivity contribution is -0.0153. The van der Waals surface area contributed by atoms with E-state index in [0.29, 0.717) is 0 Å². The number of benzene rings is 1. The lowest BCUT2D eigenvalue weighted by Crippen LogP contribution is -2.22. The van der Waals surface area contributed by atoms with Crippen LogP contribution in [-0.2, 0) is 0 Å². The number of methoxy groups -OCH3 is 1. The predicted octanol–water partition coefficient (Wildman–Crippen LogP) is 0.221. The van der Waals surface area contributed by atoms with Crippen molar-refractivity contribution in [2.45, 2.75) is 12.2 Å². The lowest BCUT2D eigenvalue weighted by atomic mass is 10.0. The first-order valence-electron chi connectivity index (χ1n) is 4.40. The highest BCUT2D eigenvalue weighted by Gasteiger charge is 2.18. The first-order valence-corrected chi connectivity index (χ1v) is 4.40. The van der Waals surface area contributed by atoms with Crippen LogP contribution in [0, 0.1) is 5.82 Å². The molecule has 0 saturated carbocycles. The molecule has 1 rings (SSSR count). The van der Waals surface area contributed by atoms with Crippen molar-refractivity contribution in [3.05, 3.63) is 29.6 Å². The van der Waals surface area contributed by atoms with Crippen molar-refractivity contribution in [1.82, 2.24) is 0 Å². The van der Waals surface area contributed by atoms with Crippen LogP contribution in [-0.4, -0.2) is 35.1 Å². The third-order valence-electron chi connectivity index (χ3n) is 2.07. The number of aliphatic hydroxyl groups excluding tert-OH is 3. The summed E-state index contributed by atoms with van der Waals surface area (Å²) in [5, 5.41) is 27.3. The van der Waals surface area contributed by atoms with Gasteiger partial charge in [-0.3, -0.25) is 0 Å². The molecule has 0 aliphatic carbocycles. The van der Waals surface area contributed by atoms with Crippen LogP contribution in [0.1, 0.15) is 11.7 Å². The summed E-state index contributed by atoms with van der Waals surface area (Å²) in [6.07, 6.45) is -2.55. The van der Waals surface area contributed by atoms with E-state index in [4.69, 9.17) is 9.84 Å². The smallest absolute Gasteiger partial charge is 0.165 e. The number of hydrogen-bond donors (Lipinski definition) is 3. The molecule has 0 amide bonds. The Labute approximate surface area is 86.6 Å². The Kier molecular flexibility index (Phi) is 4.02. The van der Waals surface area contributed by atoms with E-state index in [9.17, 15) is 14.6 Å². The van der Waals surface area contributed by atoms with Gasteiger partial charge in [0.1, 0.15) is 12.2 Å². The van der Waals surface area contributed by atoms with E-state index >= 15 is 0 Å². The summed E-state index contributed by atoms with van der Waals surface area (Å²) in [5.74, 6) is -0.566. The fraction of sp³-hybridized carbons (Fsp3) is 0.400. The largest absolute Gasteiger partial charge is 0.494 e. The van der Waals surface area contributed by atoms with Gasteiger partial charge in [-0.2, -0.15) is 0 Å². The SMILES string of the molecule is COc1cc(C(O)C(O)CO)ccc1F. The quantitative estimate of drug-likeness (QED) is 0.673. The van der Waals surface area contributed by atoms with E-state index in [2.05, 4.69) is 0 Å². The molecule has 0 saturated heterocycles. The molecule has 2 unspecified atom stereocenters. The molecule has 84 valence electrons. The van der Waals surface area contributed by atoms with Gasteiger partial charge in [0.05, 0.1) is 13.7 Å². The lowest BCUT2D eigenvalue weighted by Gasteiger charge is -2.16. The van der Waals surface area contributed by atoms with Gasteiger partial charge in [0, 0.05) is 0 Å². The molecule has 0 bridgehead atoms. The average molecular weight is 216 g/mol. The molecule has 0 heterocycles. The van der Waals surface area contributed by atoms with Crippen molar-refractivity contribution < 1.29 is 24.4 Å². The fourth-order valence-electron chi connectivity index (χ4n) is 1.18. The minimum atomic E-state index is -1.29. The number of hydrogen-bond acceptors (Lipinski definition) is 4. The van der Waals surface area contributed by atoms with Gasteiger partial charge in [0.25, 0.3) is 0 Å². The zero-order valence-corrected chi connectivity index (χ0v) is 8.22. The molecule has 1 aromatic rings. The minimum Gasteiger partial charge on any atom is -0.494 e. The number of rotatable bonds is 4. The van der Waals surface area contributed by atoms with Crippen LogP contribution in [0.5, 0.6) is 5.75 Å². The molecule has 0 aliphatic heterocycles. The standard InChI is InChI=1S/C10H13FO4/c1-15-9-4-6(2-3-7(9)11)10(14)8(13)5-12/h2-4,8,10,12-14H,5H2,1H3. The zero-order chi connectivity index (χ0) is 11.4. The Balaban J connectivity index is 2.95. The normalized spacial score (nSPS) is 14.7. The van der Waals surface area contributed by atoms with Gasteiger partial charge >= 0.3 is 0 Å². The van der Waals surface area contributed by atoms with Gasteiger partial charge in [-0.1, -0.05) is 6.07 Å². The maximum atomic E-state index is 13.0. The van der Waals surface area contributed by atoms with Crippen molar-refractivity contribution in [1.29, 1.82) is 0 Å². The summed E-state index contributed by atoms with van der Waals surface area (Å²) in [6, 6.07) is 3.72. The van der Waals surface area contributed by atoms with Gasteiger partial charge in [0.2, 0.25) is 0 Å². The Morgan fingerprint density at radius 2 is 2.07 bits per heavy atom. The molecule has 0 radical (unpaired) electrons. The van der Waals surface area contributed by atoms with Crippen LogP contribution in [0.2, 0.25) is 0 Å². The Hall–Kier alpha value is -1.17. The maximum absolute atomic E-state index is 13.0. The van der Waals surface area contributed by atoms with Crippen LogP contribution in [0.3, 0.4) is 0 Å². The van der Waals surface area contributed by atoms with Gasteiger partial charge in [-0.15, -0.1) is 0 Å². The van der Waals surface area contributed by atoms with E-state index in [1.807, 2.05) is 0 Å². The van der Waals surface area contributed by atoms with Crippen molar-refractivity contribution in [3.8, 4) is 5.75 Å². The third kappa shape index (κ3) is 2.65. The molecule has 5 heteroatoms.